The summed E-state index contributed by atoms with van der Waals surface area (Å²) in [6.07, 6.45) is 2.58. The number of para-hydroxylation sites is 1. The first-order valence-corrected chi connectivity index (χ1v) is 12.6. The van der Waals surface area contributed by atoms with Crippen LogP contribution in [0.4, 0.5) is 4.39 Å². The summed E-state index contributed by atoms with van der Waals surface area (Å²) in [5, 5.41) is 3.36. The maximum Gasteiger partial charge on any atom is 0.165 e. The largest absolute Gasteiger partial charge is 0.493 e. The SMILES string of the molecule is CCCc1cc(Oc2ccccc2)ccc1OCCCOc1ccc(C2CSCN2)cc1F. The van der Waals surface area contributed by atoms with Gasteiger partial charge >= 0.3 is 0 Å². The van der Waals surface area contributed by atoms with E-state index >= 15 is 0 Å². The molecule has 0 bridgehead atoms. The number of benzene rings is 3. The zero-order valence-corrected chi connectivity index (χ0v) is 19.7. The van der Waals surface area contributed by atoms with E-state index in [-0.39, 0.29) is 11.9 Å². The first-order valence-electron chi connectivity index (χ1n) is 11.4. The third kappa shape index (κ3) is 6.65. The van der Waals surface area contributed by atoms with Crippen LogP contribution in [-0.2, 0) is 6.42 Å². The highest BCUT2D eigenvalue weighted by Crippen LogP contribution is 2.30. The number of rotatable bonds is 11. The van der Waals surface area contributed by atoms with Gasteiger partial charge in [-0.25, -0.2) is 4.39 Å². The third-order valence-electron chi connectivity index (χ3n) is 5.41. The van der Waals surface area contributed by atoms with E-state index in [9.17, 15) is 4.39 Å². The van der Waals surface area contributed by atoms with Crippen LogP contribution in [0.2, 0.25) is 0 Å². The molecule has 174 valence electrons. The molecule has 0 aromatic heterocycles. The third-order valence-corrected chi connectivity index (χ3v) is 6.35. The van der Waals surface area contributed by atoms with Crippen molar-refractivity contribution in [3.8, 4) is 23.0 Å². The molecule has 1 unspecified atom stereocenters. The Balaban J connectivity index is 1.26. The minimum atomic E-state index is -0.314. The van der Waals surface area contributed by atoms with Crippen LogP contribution in [0.3, 0.4) is 0 Å². The second kappa shape index (κ2) is 12.0. The Kier molecular flexibility index (Phi) is 8.50. The predicted molar refractivity (Wildman–Crippen MR) is 132 cm³/mol. The molecule has 4 nitrogen and oxygen atoms in total. The fourth-order valence-corrected chi connectivity index (χ4v) is 4.72. The Hall–Kier alpha value is -2.70. The summed E-state index contributed by atoms with van der Waals surface area (Å²) in [5.41, 5.74) is 2.09. The highest BCUT2D eigenvalue weighted by molar-refractivity contribution is 7.99. The maximum atomic E-state index is 14.4. The summed E-state index contributed by atoms with van der Waals surface area (Å²) < 4.78 is 32.0. The van der Waals surface area contributed by atoms with Crippen LogP contribution < -0.4 is 19.5 Å². The van der Waals surface area contributed by atoms with Crippen LogP contribution >= 0.6 is 11.8 Å². The van der Waals surface area contributed by atoms with Crippen molar-refractivity contribution in [2.45, 2.75) is 32.2 Å². The summed E-state index contributed by atoms with van der Waals surface area (Å²) >= 11 is 1.82. The molecule has 1 fully saturated rings. The van der Waals surface area contributed by atoms with Crippen LogP contribution in [-0.4, -0.2) is 24.8 Å². The fraction of sp³-hybridized carbons (Fsp3) is 0.333. The summed E-state index contributed by atoms with van der Waals surface area (Å²) in [7, 11) is 0. The molecule has 4 rings (SSSR count). The minimum absolute atomic E-state index is 0.216. The Labute approximate surface area is 199 Å². The molecule has 33 heavy (non-hydrogen) atoms. The molecular formula is C27H30FNO3S. The predicted octanol–water partition coefficient (Wildman–Crippen LogP) is 6.75. The summed E-state index contributed by atoms with van der Waals surface area (Å²) in [4.78, 5) is 0. The van der Waals surface area contributed by atoms with Gasteiger partial charge in [0.2, 0.25) is 0 Å². The first kappa shape index (κ1) is 23.5. The molecule has 1 saturated heterocycles. The quantitative estimate of drug-likeness (QED) is 0.316. The van der Waals surface area contributed by atoms with Gasteiger partial charge in [-0.2, -0.15) is 0 Å². The van der Waals surface area contributed by atoms with Gasteiger partial charge in [-0.15, -0.1) is 11.8 Å². The monoisotopic (exact) mass is 467 g/mol. The van der Waals surface area contributed by atoms with Crippen molar-refractivity contribution >= 4 is 11.8 Å². The van der Waals surface area contributed by atoms with Crippen molar-refractivity contribution in [3.63, 3.8) is 0 Å². The van der Waals surface area contributed by atoms with Crippen molar-refractivity contribution < 1.29 is 18.6 Å². The molecule has 3 aromatic rings. The van der Waals surface area contributed by atoms with Gasteiger partial charge < -0.3 is 19.5 Å². The van der Waals surface area contributed by atoms with E-state index in [1.54, 1.807) is 12.1 Å². The van der Waals surface area contributed by atoms with Crippen LogP contribution in [0, 0.1) is 5.82 Å². The molecule has 0 amide bonds. The molecule has 0 spiro atoms. The second-order valence-electron chi connectivity index (χ2n) is 7.95. The lowest BCUT2D eigenvalue weighted by Gasteiger charge is -2.14. The normalized spacial score (nSPS) is 15.4. The van der Waals surface area contributed by atoms with Gasteiger partial charge in [-0.1, -0.05) is 37.6 Å². The van der Waals surface area contributed by atoms with Crippen LogP contribution in [0.1, 0.15) is 36.9 Å². The molecular weight excluding hydrogens is 437 g/mol. The van der Waals surface area contributed by atoms with Crippen LogP contribution in [0.5, 0.6) is 23.0 Å². The molecule has 1 aliphatic rings. The van der Waals surface area contributed by atoms with E-state index in [1.165, 1.54) is 0 Å². The van der Waals surface area contributed by atoms with E-state index in [0.717, 1.165) is 52.8 Å². The lowest BCUT2D eigenvalue weighted by atomic mass is 10.1. The maximum absolute atomic E-state index is 14.4. The number of nitrogens with one attached hydrogen (secondary N) is 1. The number of thioether (sulfide) groups is 1. The average molecular weight is 468 g/mol. The van der Waals surface area contributed by atoms with E-state index in [1.807, 2.05) is 66.4 Å². The first-order chi connectivity index (χ1) is 16.2. The van der Waals surface area contributed by atoms with Crippen molar-refractivity contribution in [1.29, 1.82) is 0 Å². The van der Waals surface area contributed by atoms with Crippen molar-refractivity contribution in [2.75, 3.05) is 24.8 Å². The topological polar surface area (TPSA) is 39.7 Å². The Morgan fingerprint density at radius 2 is 1.73 bits per heavy atom. The number of hydrogen-bond donors (Lipinski definition) is 1. The smallest absolute Gasteiger partial charge is 0.165 e. The van der Waals surface area contributed by atoms with E-state index in [2.05, 4.69) is 12.2 Å². The van der Waals surface area contributed by atoms with Crippen molar-refractivity contribution in [3.05, 3.63) is 83.7 Å². The lowest BCUT2D eigenvalue weighted by Crippen LogP contribution is -2.14. The molecule has 6 heteroatoms. The second-order valence-corrected chi connectivity index (χ2v) is 8.98. The van der Waals surface area contributed by atoms with E-state index in [0.29, 0.717) is 25.4 Å². The zero-order chi connectivity index (χ0) is 22.9. The molecule has 3 aromatic carbocycles. The lowest BCUT2D eigenvalue weighted by molar-refractivity contribution is 0.240. The Bertz CT molecular complexity index is 1030. The van der Waals surface area contributed by atoms with Gasteiger partial charge in [-0.05, 0) is 60.0 Å². The average Bonchev–Trinajstić information content (AvgIpc) is 3.37. The van der Waals surface area contributed by atoms with Gasteiger partial charge in [0.1, 0.15) is 17.2 Å². The van der Waals surface area contributed by atoms with Gasteiger partial charge in [0.25, 0.3) is 0 Å². The summed E-state index contributed by atoms with van der Waals surface area (Å²) in [5.74, 6) is 4.32. The molecule has 0 aliphatic carbocycles. The zero-order valence-electron chi connectivity index (χ0n) is 18.9. The fourth-order valence-electron chi connectivity index (χ4n) is 3.73. The highest BCUT2D eigenvalue weighted by Gasteiger charge is 2.18. The molecule has 1 atom stereocenters. The highest BCUT2D eigenvalue weighted by atomic mass is 32.2. The number of ether oxygens (including phenoxy) is 3. The van der Waals surface area contributed by atoms with Gasteiger partial charge in [-0.3, -0.25) is 0 Å². The number of halogens is 1. The van der Waals surface area contributed by atoms with E-state index in [4.69, 9.17) is 14.2 Å². The van der Waals surface area contributed by atoms with Crippen LogP contribution in [0.25, 0.3) is 0 Å². The van der Waals surface area contributed by atoms with Crippen molar-refractivity contribution in [2.24, 2.45) is 0 Å². The van der Waals surface area contributed by atoms with Crippen molar-refractivity contribution in [1.82, 2.24) is 5.32 Å². The molecule has 1 N–H and O–H groups in total. The number of aryl methyl sites for hydroxylation is 1. The van der Waals surface area contributed by atoms with Gasteiger partial charge in [0.15, 0.2) is 11.6 Å². The molecule has 1 aliphatic heterocycles. The van der Waals surface area contributed by atoms with Crippen LogP contribution in [0.15, 0.2) is 66.7 Å². The molecule has 1 heterocycles. The molecule has 0 saturated carbocycles. The minimum Gasteiger partial charge on any atom is -0.493 e. The van der Waals surface area contributed by atoms with E-state index < -0.39 is 0 Å². The van der Waals surface area contributed by atoms with Gasteiger partial charge in [0.05, 0.1) is 13.2 Å². The summed E-state index contributed by atoms with van der Waals surface area (Å²) in [6, 6.07) is 21.1. The number of hydrogen-bond acceptors (Lipinski definition) is 5. The Morgan fingerprint density at radius 3 is 2.45 bits per heavy atom. The summed E-state index contributed by atoms with van der Waals surface area (Å²) in [6.45, 7) is 3.04. The Morgan fingerprint density at radius 1 is 0.939 bits per heavy atom. The standard InChI is InChI=1S/C27H30FNO3S/c1-2-7-21-16-23(32-22-8-4-3-5-9-22)11-13-26(21)30-14-6-15-31-27-12-10-20(17-24(27)28)25-18-33-19-29-25/h3-5,8-13,16-17,25,29H,2,6-7,14-15,18-19H2,1H3. The van der Waals surface area contributed by atoms with Gasteiger partial charge in [0, 0.05) is 24.1 Å². The molecule has 0 radical (unpaired) electrons.